The summed E-state index contributed by atoms with van der Waals surface area (Å²) in [5.74, 6) is -0.119. The summed E-state index contributed by atoms with van der Waals surface area (Å²) in [5, 5.41) is 10.6. The molecular weight excluding hydrogens is 572 g/mol. The Morgan fingerprint density at radius 2 is 1.65 bits per heavy atom. The van der Waals surface area contributed by atoms with E-state index >= 15 is 0 Å². The van der Waals surface area contributed by atoms with Crippen LogP contribution in [-0.4, -0.2) is 39.7 Å². The Kier molecular flexibility index (Phi) is 8.79. The first-order chi connectivity index (χ1) is 21.9. The number of aliphatic carboxylic acids is 1. The summed E-state index contributed by atoms with van der Waals surface area (Å²) in [6, 6.07) is 19.7. The monoisotopic (exact) mass is 618 g/mol. The molecule has 0 bridgehead atoms. The van der Waals surface area contributed by atoms with Gasteiger partial charge in [-0.05, 0) is 124 Å². The van der Waals surface area contributed by atoms with Crippen LogP contribution in [0.1, 0.15) is 83.6 Å². The average Bonchev–Trinajstić information content (AvgIpc) is 3.00. The number of nitrogens with zero attached hydrogens (tertiary/aromatic N) is 2. The molecule has 2 aliphatic heterocycles. The van der Waals surface area contributed by atoms with Crippen LogP contribution in [-0.2, 0) is 35.5 Å². The molecule has 1 atom stereocenters. The average molecular weight is 619 g/mol. The maximum Gasteiger partial charge on any atom is 0.337 e. The second kappa shape index (κ2) is 12.7. The summed E-state index contributed by atoms with van der Waals surface area (Å²) in [6.45, 7) is 17.5. The zero-order valence-corrected chi connectivity index (χ0v) is 28.3. The van der Waals surface area contributed by atoms with Gasteiger partial charge < -0.3 is 14.6 Å². The van der Waals surface area contributed by atoms with Crippen molar-refractivity contribution in [3.8, 4) is 28.0 Å². The van der Waals surface area contributed by atoms with Crippen LogP contribution in [0, 0.1) is 27.7 Å². The van der Waals surface area contributed by atoms with Crippen molar-refractivity contribution in [2.24, 2.45) is 0 Å². The lowest BCUT2D eigenvalue weighted by molar-refractivity contribution is -0.160. The Balaban J connectivity index is 1.46. The van der Waals surface area contributed by atoms with Crippen molar-refractivity contribution in [2.45, 2.75) is 92.5 Å². The lowest BCUT2D eigenvalue weighted by Crippen LogP contribution is -2.30. The number of fused-ring (bicyclic) bond motifs is 2. The van der Waals surface area contributed by atoms with Crippen molar-refractivity contribution in [3.63, 3.8) is 0 Å². The fourth-order valence-corrected chi connectivity index (χ4v) is 7.11. The maximum absolute atomic E-state index is 12.9. The van der Waals surface area contributed by atoms with E-state index in [2.05, 4.69) is 67.3 Å². The summed E-state index contributed by atoms with van der Waals surface area (Å²) < 4.78 is 12.2. The molecule has 1 aromatic heterocycles. The number of benzene rings is 3. The molecule has 6 nitrogen and oxygen atoms in total. The Labute approximate surface area is 273 Å². The smallest absolute Gasteiger partial charge is 0.337 e. The fourth-order valence-electron chi connectivity index (χ4n) is 7.11. The van der Waals surface area contributed by atoms with Crippen molar-refractivity contribution in [1.82, 2.24) is 9.88 Å². The van der Waals surface area contributed by atoms with Gasteiger partial charge in [0.15, 0.2) is 6.10 Å². The van der Waals surface area contributed by atoms with Crippen LogP contribution in [0.2, 0.25) is 0 Å². The van der Waals surface area contributed by atoms with E-state index in [0.29, 0.717) is 17.9 Å². The standard InChI is InChI=1S/C40H46N2O4/c1-24-10-11-32(25(2)19-24)22-42-17-16-28-20-30(12-13-33(28)23-42)35-26(3)41-27(4)36(38(39(43)44)46-40(5,6)7)37(35)31-14-15-34-29(21-31)9-8-18-45-34/h10-15,19-21,38H,8-9,16-18,22-23H2,1-7H3,(H,43,44)/t38-/m0/s1. The van der Waals surface area contributed by atoms with Gasteiger partial charge in [-0.25, -0.2) is 4.79 Å². The molecule has 3 aromatic carbocycles. The lowest BCUT2D eigenvalue weighted by Gasteiger charge is -2.31. The van der Waals surface area contributed by atoms with Crippen LogP contribution in [0.15, 0.2) is 54.6 Å². The molecule has 0 radical (unpaired) electrons. The second-order valence-corrected chi connectivity index (χ2v) is 14.0. The molecule has 3 heterocycles. The minimum atomic E-state index is -1.18. The van der Waals surface area contributed by atoms with E-state index in [0.717, 1.165) is 78.2 Å². The third kappa shape index (κ3) is 6.60. The number of pyridine rings is 1. The zero-order chi connectivity index (χ0) is 32.7. The molecule has 6 rings (SSSR count). The molecule has 0 amide bonds. The third-order valence-electron chi connectivity index (χ3n) is 9.24. The summed E-state index contributed by atoms with van der Waals surface area (Å²) in [7, 11) is 0. The summed E-state index contributed by atoms with van der Waals surface area (Å²) in [6.07, 6.45) is 1.66. The van der Waals surface area contributed by atoms with Crippen LogP contribution in [0.5, 0.6) is 5.75 Å². The number of hydrogen-bond acceptors (Lipinski definition) is 5. The molecule has 0 saturated heterocycles. The van der Waals surface area contributed by atoms with Crippen LogP contribution >= 0.6 is 0 Å². The first-order valence-corrected chi connectivity index (χ1v) is 16.5. The molecule has 240 valence electrons. The minimum Gasteiger partial charge on any atom is -0.493 e. The van der Waals surface area contributed by atoms with E-state index in [1.54, 1.807) is 0 Å². The Hall–Kier alpha value is -4.00. The van der Waals surface area contributed by atoms with Gasteiger partial charge in [-0.1, -0.05) is 48.0 Å². The Morgan fingerprint density at radius 1 is 0.913 bits per heavy atom. The number of hydrogen-bond donors (Lipinski definition) is 1. The van der Waals surface area contributed by atoms with E-state index < -0.39 is 17.7 Å². The van der Waals surface area contributed by atoms with E-state index in [1.807, 2.05) is 40.7 Å². The molecule has 2 aliphatic rings. The van der Waals surface area contributed by atoms with Gasteiger partial charge in [0.05, 0.1) is 12.2 Å². The van der Waals surface area contributed by atoms with Crippen molar-refractivity contribution in [3.05, 3.63) is 105 Å². The Bertz CT molecular complexity index is 1800. The van der Waals surface area contributed by atoms with Crippen molar-refractivity contribution < 1.29 is 19.4 Å². The molecule has 4 aromatic rings. The highest BCUT2D eigenvalue weighted by Crippen LogP contribution is 2.44. The number of carboxylic acid groups (broad SMARTS) is 1. The van der Waals surface area contributed by atoms with Crippen molar-refractivity contribution >= 4 is 5.97 Å². The van der Waals surface area contributed by atoms with E-state index in [9.17, 15) is 9.90 Å². The molecule has 0 unspecified atom stereocenters. The van der Waals surface area contributed by atoms with Crippen LogP contribution < -0.4 is 4.74 Å². The molecule has 0 saturated carbocycles. The van der Waals surface area contributed by atoms with Gasteiger partial charge in [0, 0.05) is 42.1 Å². The molecule has 0 fully saturated rings. The van der Waals surface area contributed by atoms with E-state index in [-0.39, 0.29) is 0 Å². The largest absolute Gasteiger partial charge is 0.493 e. The number of aromatic nitrogens is 1. The number of carboxylic acids is 1. The SMILES string of the molecule is Cc1ccc(CN2CCc3cc(-c4c(C)nc(C)c([C@H](OC(C)(C)C)C(=O)O)c4-c4ccc5c(c4)CCCO5)ccc3C2)c(C)c1. The zero-order valence-electron chi connectivity index (χ0n) is 28.3. The van der Waals surface area contributed by atoms with Crippen LogP contribution in [0.4, 0.5) is 0 Å². The molecular formula is C40H46N2O4. The van der Waals surface area contributed by atoms with Gasteiger partial charge in [-0.2, -0.15) is 0 Å². The van der Waals surface area contributed by atoms with Gasteiger partial charge in [-0.15, -0.1) is 0 Å². The quantitative estimate of drug-likeness (QED) is 0.224. The highest BCUT2D eigenvalue weighted by atomic mass is 16.5. The van der Waals surface area contributed by atoms with Gasteiger partial charge in [-0.3, -0.25) is 9.88 Å². The lowest BCUT2D eigenvalue weighted by atomic mass is 9.84. The number of aryl methyl sites for hydroxylation is 5. The van der Waals surface area contributed by atoms with Gasteiger partial charge >= 0.3 is 5.97 Å². The summed E-state index contributed by atoms with van der Waals surface area (Å²) in [5.41, 5.74) is 13.2. The number of carbonyl (C=O) groups is 1. The highest BCUT2D eigenvalue weighted by molar-refractivity contribution is 5.91. The van der Waals surface area contributed by atoms with E-state index in [1.165, 1.54) is 27.8 Å². The number of ether oxygens (including phenoxy) is 2. The summed E-state index contributed by atoms with van der Waals surface area (Å²) >= 11 is 0. The van der Waals surface area contributed by atoms with Crippen LogP contribution in [0.3, 0.4) is 0 Å². The number of rotatable bonds is 7. The predicted molar refractivity (Wildman–Crippen MR) is 183 cm³/mol. The van der Waals surface area contributed by atoms with Crippen molar-refractivity contribution in [2.75, 3.05) is 13.2 Å². The molecule has 0 aliphatic carbocycles. The van der Waals surface area contributed by atoms with Crippen molar-refractivity contribution in [1.29, 1.82) is 0 Å². The van der Waals surface area contributed by atoms with Gasteiger partial charge in [0.1, 0.15) is 5.75 Å². The van der Waals surface area contributed by atoms with E-state index in [4.69, 9.17) is 14.5 Å². The fraction of sp³-hybridized carbons (Fsp3) is 0.400. The molecule has 0 spiro atoms. The van der Waals surface area contributed by atoms with Crippen LogP contribution in [0.25, 0.3) is 22.3 Å². The minimum absolute atomic E-state index is 0.608. The predicted octanol–water partition coefficient (Wildman–Crippen LogP) is 8.47. The first kappa shape index (κ1) is 32.0. The first-order valence-electron chi connectivity index (χ1n) is 16.5. The Morgan fingerprint density at radius 3 is 2.39 bits per heavy atom. The van der Waals surface area contributed by atoms with Gasteiger partial charge in [0.2, 0.25) is 0 Å². The van der Waals surface area contributed by atoms with Gasteiger partial charge in [0.25, 0.3) is 0 Å². The maximum atomic E-state index is 12.9. The molecule has 6 heteroatoms. The molecule has 1 N–H and O–H groups in total. The highest BCUT2D eigenvalue weighted by Gasteiger charge is 2.34. The summed E-state index contributed by atoms with van der Waals surface area (Å²) in [4.78, 5) is 20.4. The third-order valence-corrected chi connectivity index (χ3v) is 9.24. The normalized spacial score (nSPS) is 15.5. The second-order valence-electron chi connectivity index (χ2n) is 14.0. The topological polar surface area (TPSA) is 71.9 Å². The molecule has 46 heavy (non-hydrogen) atoms.